The zero-order valence-electron chi connectivity index (χ0n) is 15.7. The first kappa shape index (κ1) is 19.7. The van der Waals surface area contributed by atoms with E-state index in [9.17, 15) is 9.59 Å². The molecule has 2 aromatic heterocycles. The van der Waals surface area contributed by atoms with E-state index in [2.05, 4.69) is 15.4 Å². The van der Waals surface area contributed by atoms with Crippen LogP contribution in [-0.4, -0.2) is 43.8 Å². The van der Waals surface area contributed by atoms with Crippen molar-refractivity contribution in [1.82, 2.24) is 19.7 Å². The number of anilines is 1. The van der Waals surface area contributed by atoms with Gasteiger partial charge < -0.3 is 10.2 Å². The van der Waals surface area contributed by atoms with Crippen LogP contribution >= 0.6 is 23.1 Å². The van der Waals surface area contributed by atoms with Gasteiger partial charge in [-0.05, 0) is 25.0 Å². The average Bonchev–Trinajstić information content (AvgIpc) is 3.48. The van der Waals surface area contributed by atoms with Crippen LogP contribution in [0.4, 0.5) is 5.69 Å². The Kier molecular flexibility index (Phi) is 6.26. The molecule has 0 saturated carbocycles. The lowest BCUT2D eigenvalue weighted by Gasteiger charge is -2.23. The van der Waals surface area contributed by atoms with Gasteiger partial charge >= 0.3 is 0 Å². The molecule has 1 atom stereocenters. The molecule has 7 nitrogen and oxygen atoms in total. The SMILES string of the molecule is O=C(CSc1ccccc1)Nc1cnn(CC(=O)N2CCCC2c2nccs2)c1. The Hall–Kier alpha value is -2.65. The fraction of sp³-hybridized carbons (Fsp3) is 0.300. The minimum Gasteiger partial charge on any atom is -0.332 e. The van der Waals surface area contributed by atoms with Crippen LogP contribution < -0.4 is 5.32 Å². The maximum Gasteiger partial charge on any atom is 0.244 e. The van der Waals surface area contributed by atoms with Crippen LogP contribution in [0.5, 0.6) is 0 Å². The third-order valence-corrected chi connectivity index (χ3v) is 6.53. The van der Waals surface area contributed by atoms with E-state index in [0.29, 0.717) is 11.4 Å². The van der Waals surface area contributed by atoms with Crippen molar-refractivity contribution in [2.75, 3.05) is 17.6 Å². The monoisotopic (exact) mass is 427 g/mol. The standard InChI is InChI=1S/C20H21N5O2S2/c26-18(14-29-16-5-2-1-3-6-16)23-15-11-22-24(12-15)13-19(27)25-9-4-7-17(25)20-21-8-10-28-20/h1-3,5-6,8,10-12,17H,4,7,9,13-14H2,(H,23,26). The summed E-state index contributed by atoms with van der Waals surface area (Å²) >= 11 is 3.06. The number of aromatic nitrogens is 3. The molecule has 0 aliphatic carbocycles. The van der Waals surface area contributed by atoms with Gasteiger partial charge in [0.05, 0.1) is 23.7 Å². The summed E-state index contributed by atoms with van der Waals surface area (Å²) in [5, 5.41) is 9.98. The molecular formula is C20H21N5O2S2. The van der Waals surface area contributed by atoms with Crippen LogP contribution in [-0.2, 0) is 16.1 Å². The van der Waals surface area contributed by atoms with E-state index >= 15 is 0 Å². The molecule has 3 heterocycles. The predicted octanol–water partition coefficient (Wildman–Crippen LogP) is 3.43. The lowest BCUT2D eigenvalue weighted by molar-refractivity contribution is -0.133. The highest BCUT2D eigenvalue weighted by Gasteiger charge is 2.31. The minimum atomic E-state index is -0.104. The van der Waals surface area contributed by atoms with Gasteiger partial charge in [0.1, 0.15) is 11.6 Å². The Morgan fingerprint density at radius 2 is 2.14 bits per heavy atom. The van der Waals surface area contributed by atoms with E-state index in [4.69, 9.17) is 0 Å². The number of nitrogens with one attached hydrogen (secondary N) is 1. The van der Waals surface area contributed by atoms with Crippen molar-refractivity contribution in [3.63, 3.8) is 0 Å². The first-order chi connectivity index (χ1) is 14.2. The molecule has 1 saturated heterocycles. The van der Waals surface area contributed by atoms with E-state index in [0.717, 1.165) is 29.3 Å². The van der Waals surface area contributed by atoms with Crippen LogP contribution in [0, 0.1) is 0 Å². The van der Waals surface area contributed by atoms with Crippen molar-refractivity contribution in [2.45, 2.75) is 30.3 Å². The molecule has 4 rings (SSSR count). The number of hydrogen-bond donors (Lipinski definition) is 1. The smallest absolute Gasteiger partial charge is 0.244 e. The quantitative estimate of drug-likeness (QED) is 0.585. The molecule has 1 aliphatic heterocycles. The molecule has 29 heavy (non-hydrogen) atoms. The van der Waals surface area contributed by atoms with Crippen molar-refractivity contribution >= 4 is 40.6 Å². The number of amides is 2. The van der Waals surface area contributed by atoms with E-state index in [1.165, 1.54) is 11.8 Å². The van der Waals surface area contributed by atoms with Gasteiger partial charge in [0.15, 0.2) is 0 Å². The molecule has 1 aromatic carbocycles. The molecule has 0 spiro atoms. The normalized spacial score (nSPS) is 16.1. The van der Waals surface area contributed by atoms with Crippen molar-refractivity contribution in [3.05, 3.63) is 59.3 Å². The number of nitrogens with zero attached hydrogens (tertiary/aromatic N) is 4. The minimum absolute atomic E-state index is 0.0170. The van der Waals surface area contributed by atoms with Crippen LogP contribution in [0.2, 0.25) is 0 Å². The fourth-order valence-corrected chi connectivity index (χ4v) is 4.83. The molecule has 2 amide bonds. The van der Waals surface area contributed by atoms with Crippen LogP contribution in [0.1, 0.15) is 23.9 Å². The maximum atomic E-state index is 12.8. The molecule has 1 aliphatic rings. The number of likely N-dealkylation sites (tertiary alicyclic amines) is 1. The summed E-state index contributed by atoms with van der Waals surface area (Å²) in [4.78, 5) is 32.2. The summed E-state index contributed by atoms with van der Waals surface area (Å²) in [6.45, 7) is 0.890. The number of thiazole rings is 1. The molecule has 0 bridgehead atoms. The Balaban J connectivity index is 1.29. The van der Waals surface area contributed by atoms with Crippen molar-refractivity contribution in [2.24, 2.45) is 0 Å². The van der Waals surface area contributed by atoms with E-state index in [1.54, 1.807) is 34.6 Å². The average molecular weight is 428 g/mol. The first-order valence-corrected chi connectivity index (χ1v) is 11.2. The second-order valence-corrected chi connectivity index (χ2v) is 8.67. The zero-order valence-corrected chi connectivity index (χ0v) is 17.4. The lowest BCUT2D eigenvalue weighted by atomic mass is 10.2. The summed E-state index contributed by atoms with van der Waals surface area (Å²) < 4.78 is 1.57. The molecule has 9 heteroatoms. The summed E-state index contributed by atoms with van der Waals surface area (Å²) in [5.74, 6) is 0.230. The van der Waals surface area contributed by atoms with Gasteiger partial charge in [-0.1, -0.05) is 18.2 Å². The van der Waals surface area contributed by atoms with Gasteiger partial charge in [-0.15, -0.1) is 23.1 Å². The summed E-state index contributed by atoms with van der Waals surface area (Å²) in [7, 11) is 0. The molecular weight excluding hydrogens is 406 g/mol. The van der Waals surface area contributed by atoms with Crippen LogP contribution in [0.15, 0.2) is 59.2 Å². The number of rotatable bonds is 7. The second kappa shape index (κ2) is 9.23. The molecule has 0 radical (unpaired) electrons. The van der Waals surface area contributed by atoms with Crippen molar-refractivity contribution < 1.29 is 9.59 Å². The van der Waals surface area contributed by atoms with Crippen molar-refractivity contribution in [3.8, 4) is 0 Å². The number of benzene rings is 1. The fourth-order valence-electron chi connectivity index (χ4n) is 3.33. The molecule has 3 aromatic rings. The third-order valence-electron chi connectivity index (χ3n) is 4.64. The molecule has 150 valence electrons. The third kappa shape index (κ3) is 5.04. The van der Waals surface area contributed by atoms with Crippen LogP contribution in [0.3, 0.4) is 0 Å². The summed E-state index contributed by atoms with van der Waals surface area (Å²) in [6.07, 6.45) is 6.96. The van der Waals surface area contributed by atoms with Gasteiger partial charge in [-0.3, -0.25) is 14.3 Å². The Morgan fingerprint density at radius 3 is 2.93 bits per heavy atom. The van der Waals surface area contributed by atoms with E-state index < -0.39 is 0 Å². The Morgan fingerprint density at radius 1 is 1.28 bits per heavy atom. The van der Waals surface area contributed by atoms with Gasteiger partial charge in [-0.2, -0.15) is 5.10 Å². The van der Waals surface area contributed by atoms with E-state index in [-0.39, 0.29) is 24.4 Å². The Bertz CT molecular complexity index is 958. The van der Waals surface area contributed by atoms with Gasteiger partial charge in [0.2, 0.25) is 11.8 Å². The van der Waals surface area contributed by atoms with Crippen LogP contribution in [0.25, 0.3) is 0 Å². The molecule has 1 fully saturated rings. The molecule has 1 unspecified atom stereocenters. The van der Waals surface area contributed by atoms with Gasteiger partial charge in [0.25, 0.3) is 0 Å². The van der Waals surface area contributed by atoms with Gasteiger partial charge in [-0.25, -0.2) is 4.98 Å². The van der Waals surface area contributed by atoms with E-state index in [1.807, 2.05) is 40.6 Å². The topological polar surface area (TPSA) is 80.1 Å². The number of thioether (sulfide) groups is 1. The summed E-state index contributed by atoms with van der Waals surface area (Å²) in [5.41, 5.74) is 0.592. The lowest BCUT2D eigenvalue weighted by Crippen LogP contribution is -2.33. The predicted molar refractivity (Wildman–Crippen MR) is 114 cm³/mol. The Labute approximate surface area is 177 Å². The molecule has 1 N–H and O–H groups in total. The van der Waals surface area contributed by atoms with Crippen molar-refractivity contribution in [1.29, 1.82) is 0 Å². The number of carbonyl (C=O) groups excluding carboxylic acids is 2. The highest BCUT2D eigenvalue weighted by atomic mass is 32.2. The first-order valence-electron chi connectivity index (χ1n) is 9.38. The number of hydrogen-bond acceptors (Lipinski definition) is 6. The maximum absolute atomic E-state index is 12.8. The number of carbonyl (C=O) groups is 2. The highest BCUT2D eigenvalue weighted by molar-refractivity contribution is 8.00. The highest BCUT2D eigenvalue weighted by Crippen LogP contribution is 2.33. The van der Waals surface area contributed by atoms with Gasteiger partial charge in [0, 0.05) is 29.2 Å². The summed E-state index contributed by atoms with van der Waals surface area (Å²) in [6, 6.07) is 9.84. The zero-order chi connectivity index (χ0) is 20.1. The second-order valence-electron chi connectivity index (χ2n) is 6.69. The largest absolute Gasteiger partial charge is 0.332 e.